The molecule has 1 N–H and O–H groups in total. The van der Waals surface area contributed by atoms with Crippen LogP contribution in [0.1, 0.15) is 43.3 Å². The Labute approximate surface area is 101 Å². The third-order valence-electron chi connectivity index (χ3n) is 2.82. The van der Waals surface area contributed by atoms with Crippen LogP contribution in [-0.2, 0) is 17.9 Å². The minimum atomic E-state index is 0.503. The Kier molecular flexibility index (Phi) is 4.75. The van der Waals surface area contributed by atoms with E-state index in [9.17, 15) is 0 Å². The van der Waals surface area contributed by atoms with E-state index < -0.39 is 0 Å². The molecule has 0 radical (unpaired) electrons. The first-order chi connectivity index (χ1) is 7.88. The third-order valence-corrected chi connectivity index (χ3v) is 3.72. The number of hydrogen-bond acceptors (Lipinski definition) is 4. The van der Waals surface area contributed by atoms with Crippen molar-refractivity contribution in [2.24, 2.45) is 0 Å². The largest absolute Gasteiger partial charge is 0.372 e. The number of nitrogens with zero attached hydrogens (tertiary/aromatic N) is 1. The van der Waals surface area contributed by atoms with Crippen molar-refractivity contribution in [2.45, 2.75) is 51.9 Å². The van der Waals surface area contributed by atoms with Crippen LogP contribution >= 0.6 is 11.3 Å². The van der Waals surface area contributed by atoms with Crippen molar-refractivity contribution in [3.63, 3.8) is 0 Å². The monoisotopic (exact) mass is 240 g/mol. The molecule has 2 rings (SSSR count). The normalized spacial score (nSPS) is 16.3. The molecule has 0 bridgehead atoms. The molecule has 16 heavy (non-hydrogen) atoms. The predicted octanol–water partition coefficient (Wildman–Crippen LogP) is 2.71. The fourth-order valence-corrected chi connectivity index (χ4v) is 2.36. The van der Waals surface area contributed by atoms with Crippen molar-refractivity contribution in [3.8, 4) is 0 Å². The molecule has 0 saturated heterocycles. The maximum Gasteiger partial charge on any atom is 0.107 e. The molecular weight excluding hydrogens is 220 g/mol. The highest BCUT2D eigenvalue weighted by atomic mass is 32.1. The van der Waals surface area contributed by atoms with E-state index in [0.29, 0.717) is 12.7 Å². The molecule has 0 aliphatic heterocycles. The van der Waals surface area contributed by atoms with Crippen LogP contribution in [0.5, 0.6) is 0 Å². The summed E-state index contributed by atoms with van der Waals surface area (Å²) in [7, 11) is 0. The van der Waals surface area contributed by atoms with Gasteiger partial charge in [0, 0.05) is 11.9 Å². The zero-order valence-corrected chi connectivity index (χ0v) is 10.7. The van der Waals surface area contributed by atoms with Crippen molar-refractivity contribution in [1.82, 2.24) is 10.3 Å². The summed E-state index contributed by atoms with van der Waals surface area (Å²) in [4.78, 5) is 4.54. The number of aromatic nitrogens is 1. The highest BCUT2D eigenvalue weighted by Gasteiger charge is 2.18. The van der Waals surface area contributed by atoms with Gasteiger partial charge in [0.25, 0.3) is 0 Å². The lowest BCUT2D eigenvalue weighted by atomic mass is 9.96. The number of thiazole rings is 1. The van der Waals surface area contributed by atoms with Gasteiger partial charge in [0.2, 0.25) is 0 Å². The summed E-state index contributed by atoms with van der Waals surface area (Å²) in [5.41, 5.74) is 1.09. The van der Waals surface area contributed by atoms with Crippen LogP contribution in [0.4, 0.5) is 0 Å². The summed E-state index contributed by atoms with van der Waals surface area (Å²) in [6, 6.07) is 0. The molecule has 0 spiro atoms. The highest BCUT2D eigenvalue weighted by molar-refractivity contribution is 7.09. The van der Waals surface area contributed by atoms with Gasteiger partial charge < -0.3 is 10.1 Å². The average molecular weight is 240 g/mol. The molecule has 0 amide bonds. The Morgan fingerprint density at radius 3 is 3.12 bits per heavy atom. The van der Waals surface area contributed by atoms with Gasteiger partial charge in [-0.25, -0.2) is 4.98 Å². The lowest BCUT2D eigenvalue weighted by Crippen LogP contribution is -2.21. The fourth-order valence-electron chi connectivity index (χ4n) is 1.61. The van der Waals surface area contributed by atoms with Gasteiger partial charge in [0.1, 0.15) is 5.01 Å². The molecule has 1 aliphatic rings. The van der Waals surface area contributed by atoms with E-state index in [0.717, 1.165) is 18.8 Å². The second-order valence-electron chi connectivity index (χ2n) is 4.27. The van der Waals surface area contributed by atoms with E-state index in [2.05, 4.69) is 22.6 Å². The first-order valence-electron chi connectivity index (χ1n) is 6.14. The standard InChI is InChI=1S/C12H20N2OS/c1-2-6-13-7-12-14-10(9-16-12)8-15-11-4-3-5-11/h9,11,13H,2-8H2,1H3. The zero-order chi connectivity index (χ0) is 11.2. The minimum Gasteiger partial charge on any atom is -0.372 e. The molecule has 1 fully saturated rings. The van der Waals surface area contributed by atoms with Gasteiger partial charge in [-0.3, -0.25) is 0 Å². The minimum absolute atomic E-state index is 0.503. The van der Waals surface area contributed by atoms with Crippen molar-refractivity contribution in [1.29, 1.82) is 0 Å². The van der Waals surface area contributed by atoms with Gasteiger partial charge in [-0.1, -0.05) is 6.92 Å². The van der Waals surface area contributed by atoms with Crippen molar-refractivity contribution in [3.05, 3.63) is 16.1 Å². The van der Waals surface area contributed by atoms with Crippen LogP contribution in [0.2, 0.25) is 0 Å². The first-order valence-corrected chi connectivity index (χ1v) is 7.02. The summed E-state index contributed by atoms with van der Waals surface area (Å²) in [6.45, 7) is 4.82. The van der Waals surface area contributed by atoms with Gasteiger partial charge >= 0.3 is 0 Å². The molecule has 1 aromatic heterocycles. The van der Waals surface area contributed by atoms with E-state index in [4.69, 9.17) is 4.74 Å². The maximum atomic E-state index is 5.73. The molecule has 1 heterocycles. The summed E-state index contributed by atoms with van der Waals surface area (Å²) in [5, 5.41) is 6.64. The Hall–Kier alpha value is -0.450. The van der Waals surface area contributed by atoms with Gasteiger partial charge in [-0.15, -0.1) is 11.3 Å². The number of hydrogen-bond donors (Lipinski definition) is 1. The van der Waals surface area contributed by atoms with E-state index in [-0.39, 0.29) is 0 Å². The Morgan fingerprint density at radius 1 is 1.56 bits per heavy atom. The zero-order valence-electron chi connectivity index (χ0n) is 9.87. The smallest absolute Gasteiger partial charge is 0.107 e. The fraction of sp³-hybridized carbons (Fsp3) is 0.750. The van der Waals surface area contributed by atoms with Crippen LogP contribution < -0.4 is 5.32 Å². The lowest BCUT2D eigenvalue weighted by Gasteiger charge is -2.24. The molecule has 0 aromatic carbocycles. The van der Waals surface area contributed by atoms with Crippen LogP contribution in [0.25, 0.3) is 0 Å². The van der Waals surface area contributed by atoms with Crippen molar-refractivity contribution in [2.75, 3.05) is 6.54 Å². The third kappa shape index (κ3) is 3.54. The SMILES string of the molecule is CCCNCc1nc(COC2CCC2)cs1. The van der Waals surface area contributed by atoms with E-state index in [1.54, 1.807) is 11.3 Å². The average Bonchev–Trinajstić information content (AvgIpc) is 2.64. The van der Waals surface area contributed by atoms with Crippen LogP contribution in [0, 0.1) is 0 Å². The molecule has 1 aromatic rings. The van der Waals surface area contributed by atoms with E-state index >= 15 is 0 Å². The summed E-state index contributed by atoms with van der Waals surface area (Å²) in [6.07, 6.45) is 5.46. The summed E-state index contributed by atoms with van der Waals surface area (Å²) in [5.74, 6) is 0. The number of rotatable bonds is 7. The summed E-state index contributed by atoms with van der Waals surface area (Å²) >= 11 is 1.72. The number of ether oxygens (including phenoxy) is 1. The van der Waals surface area contributed by atoms with Crippen LogP contribution in [0.15, 0.2) is 5.38 Å². The Morgan fingerprint density at radius 2 is 2.44 bits per heavy atom. The van der Waals surface area contributed by atoms with E-state index in [1.165, 1.54) is 30.7 Å². The Balaban J connectivity index is 1.68. The molecule has 1 saturated carbocycles. The highest BCUT2D eigenvalue weighted by Crippen LogP contribution is 2.23. The molecule has 0 atom stereocenters. The summed E-state index contributed by atoms with van der Waals surface area (Å²) < 4.78 is 5.73. The topological polar surface area (TPSA) is 34.2 Å². The van der Waals surface area contributed by atoms with Crippen LogP contribution in [-0.4, -0.2) is 17.6 Å². The molecule has 1 aliphatic carbocycles. The van der Waals surface area contributed by atoms with Gasteiger partial charge in [0.05, 0.1) is 18.4 Å². The molecule has 3 nitrogen and oxygen atoms in total. The molecule has 90 valence electrons. The lowest BCUT2D eigenvalue weighted by molar-refractivity contribution is -0.00993. The maximum absolute atomic E-state index is 5.73. The molecule has 4 heteroatoms. The Bertz CT molecular complexity index is 310. The molecular formula is C12H20N2OS. The number of nitrogens with one attached hydrogen (secondary N) is 1. The van der Waals surface area contributed by atoms with Gasteiger partial charge in [0.15, 0.2) is 0 Å². The quantitative estimate of drug-likeness (QED) is 0.744. The molecule has 0 unspecified atom stereocenters. The first kappa shape index (κ1) is 12.0. The van der Waals surface area contributed by atoms with E-state index in [1.807, 2.05) is 0 Å². The second kappa shape index (κ2) is 6.33. The van der Waals surface area contributed by atoms with Crippen molar-refractivity contribution >= 4 is 11.3 Å². The predicted molar refractivity (Wildman–Crippen MR) is 66.5 cm³/mol. The second-order valence-corrected chi connectivity index (χ2v) is 5.22. The van der Waals surface area contributed by atoms with Gasteiger partial charge in [-0.2, -0.15) is 0 Å². The van der Waals surface area contributed by atoms with Crippen molar-refractivity contribution < 1.29 is 4.74 Å². The van der Waals surface area contributed by atoms with Crippen LogP contribution in [0.3, 0.4) is 0 Å². The van der Waals surface area contributed by atoms with Gasteiger partial charge in [-0.05, 0) is 32.2 Å².